The maximum atomic E-state index is 6.74. The van der Waals surface area contributed by atoms with Crippen molar-refractivity contribution in [3.63, 3.8) is 0 Å². The molecule has 6 rings (SSSR count). The van der Waals surface area contributed by atoms with E-state index in [-0.39, 0.29) is 5.72 Å². The van der Waals surface area contributed by atoms with Crippen LogP contribution in [-0.2, 0) is 17.8 Å². The van der Waals surface area contributed by atoms with Crippen LogP contribution < -0.4 is 0 Å². The van der Waals surface area contributed by atoms with Gasteiger partial charge >= 0.3 is 0 Å². The summed E-state index contributed by atoms with van der Waals surface area (Å²) in [6.07, 6.45) is 6.97. The summed E-state index contributed by atoms with van der Waals surface area (Å²) in [7, 11) is 0. The van der Waals surface area contributed by atoms with Crippen LogP contribution in [0.2, 0.25) is 0 Å². The first kappa shape index (κ1) is 15.6. The number of rotatable bonds is 5. The molecule has 0 aromatic heterocycles. The summed E-state index contributed by atoms with van der Waals surface area (Å²) in [6.45, 7) is 1.95. The SMILES string of the molecule is c1ccc(CN(Cc2ccccc2)[C@]23C[C@@H]4C[C@@H](C[C@H](C4)O2)C3)cc1. The Labute approximate surface area is 150 Å². The van der Waals surface area contributed by atoms with Crippen molar-refractivity contribution in [1.29, 1.82) is 0 Å². The molecule has 2 aliphatic carbocycles. The molecule has 0 unspecified atom stereocenters. The summed E-state index contributed by atoms with van der Waals surface area (Å²) in [5, 5.41) is 0. The number of hydrogen-bond donors (Lipinski definition) is 0. The van der Waals surface area contributed by atoms with Crippen LogP contribution in [0.1, 0.15) is 43.2 Å². The molecule has 4 bridgehead atoms. The molecule has 4 aliphatic rings. The van der Waals surface area contributed by atoms with Crippen molar-refractivity contribution >= 4 is 0 Å². The molecule has 0 radical (unpaired) electrons. The zero-order valence-electron chi connectivity index (χ0n) is 14.8. The molecule has 2 heteroatoms. The van der Waals surface area contributed by atoms with E-state index in [0.717, 1.165) is 24.9 Å². The molecule has 130 valence electrons. The smallest absolute Gasteiger partial charge is 0.123 e. The maximum absolute atomic E-state index is 6.74. The average Bonchev–Trinajstić information content (AvgIpc) is 2.62. The van der Waals surface area contributed by atoms with E-state index < -0.39 is 0 Å². The van der Waals surface area contributed by atoms with Crippen molar-refractivity contribution in [3.05, 3.63) is 71.8 Å². The minimum absolute atomic E-state index is 0.0412. The molecule has 2 heterocycles. The Morgan fingerprint density at radius 2 is 1.28 bits per heavy atom. The van der Waals surface area contributed by atoms with E-state index in [4.69, 9.17) is 4.74 Å². The highest BCUT2D eigenvalue weighted by Gasteiger charge is 2.54. The number of benzene rings is 2. The predicted molar refractivity (Wildman–Crippen MR) is 99.8 cm³/mol. The van der Waals surface area contributed by atoms with Crippen molar-refractivity contribution in [3.8, 4) is 0 Å². The van der Waals surface area contributed by atoms with Crippen molar-refractivity contribution in [2.75, 3.05) is 0 Å². The second-order valence-corrected chi connectivity index (χ2v) is 8.36. The Morgan fingerprint density at radius 3 is 1.76 bits per heavy atom. The molecule has 0 N–H and O–H groups in total. The van der Waals surface area contributed by atoms with E-state index >= 15 is 0 Å². The van der Waals surface area contributed by atoms with Gasteiger partial charge in [-0.2, -0.15) is 0 Å². The van der Waals surface area contributed by atoms with Gasteiger partial charge < -0.3 is 4.74 Å². The van der Waals surface area contributed by atoms with Crippen molar-refractivity contribution in [2.24, 2.45) is 11.8 Å². The van der Waals surface area contributed by atoms with Crippen LogP contribution in [0.4, 0.5) is 0 Å². The largest absolute Gasteiger partial charge is 0.357 e. The van der Waals surface area contributed by atoms with Crippen LogP contribution in [-0.4, -0.2) is 16.7 Å². The van der Waals surface area contributed by atoms with Gasteiger partial charge in [0.25, 0.3) is 0 Å². The third kappa shape index (κ3) is 3.02. The summed E-state index contributed by atoms with van der Waals surface area (Å²) in [5.41, 5.74) is 2.73. The lowest BCUT2D eigenvalue weighted by Crippen LogP contribution is -2.62. The predicted octanol–water partition coefficient (Wildman–Crippen LogP) is 4.99. The highest BCUT2D eigenvalue weighted by atomic mass is 16.5. The van der Waals surface area contributed by atoms with Gasteiger partial charge in [-0.3, -0.25) is 4.90 Å². The molecule has 2 nitrogen and oxygen atoms in total. The Bertz CT molecular complexity index is 635. The Morgan fingerprint density at radius 1 is 0.760 bits per heavy atom. The Kier molecular flexibility index (Phi) is 3.91. The normalized spacial score (nSPS) is 33.1. The standard InChI is InChI=1S/C23H27NO/c1-3-7-18(8-4-1)16-24(17-19-9-5-2-6-10-19)23-14-20-11-21(15-23)13-22(12-20)25-23/h1-10,20-22H,11-17H2/t20-,21+,22+,23-. The van der Waals surface area contributed by atoms with Crippen LogP contribution >= 0.6 is 0 Å². The van der Waals surface area contributed by atoms with E-state index in [0.29, 0.717) is 6.10 Å². The molecule has 2 aliphatic heterocycles. The number of hydrogen-bond acceptors (Lipinski definition) is 2. The monoisotopic (exact) mass is 333 g/mol. The van der Waals surface area contributed by atoms with Gasteiger partial charge in [0.2, 0.25) is 0 Å². The second-order valence-electron chi connectivity index (χ2n) is 8.36. The minimum atomic E-state index is -0.0412. The molecular formula is C23H27NO. The van der Waals surface area contributed by atoms with E-state index in [1.54, 1.807) is 0 Å². The van der Waals surface area contributed by atoms with Crippen LogP contribution in [0.15, 0.2) is 60.7 Å². The molecule has 2 saturated heterocycles. The molecule has 2 aromatic carbocycles. The van der Waals surface area contributed by atoms with Crippen molar-refractivity contribution in [1.82, 2.24) is 4.90 Å². The van der Waals surface area contributed by atoms with Crippen LogP contribution in [0, 0.1) is 11.8 Å². The highest BCUT2D eigenvalue weighted by molar-refractivity contribution is 5.18. The zero-order valence-corrected chi connectivity index (χ0v) is 14.8. The molecule has 0 spiro atoms. The summed E-state index contributed by atoms with van der Waals surface area (Å²) in [5.74, 6) is 1.75. The maximum Gasteiger partial charge on any atom is 0.123 e. The van der Waals surface area contributed by atoms with Crippen molar-refractivity contribution < 1.29 is 4.74 Å². The van der Waals surface area contributed by atoms with Crippen molar-refractivity contribution in [2.45, 2.75) is 57.0 Å². The number of nitrogens with zero attached hydrogens (tertiary/aromatic N) is 1. The lowest BCUT2D eigenvalue weighted by atomic mass is 9.64. The lowest BCUT2D eigenvalue weighted by molar-refractivity contribution is -0.288. The summed E-state index contributed by atoms with van der Waals surface area (Å²) in [4.78, 5) is 2.64. The molecule has 25 heavy (non-hydrogen) atoms. The van der Waals surface area contributed by atoms with E-state index in [9.17, 15) is 0 Å². The van der Waals surface area contributed by atoms with Gasteiger partial charge in [-0.15, -0.1) is 0 Å². The van der Waals surface area contributed by atoms with Gasteiger partial charge in [-0.1, -0.05) is 60.7 Å². The molecule has 2 saturated carbocycles. The Balaban J connectivity index is 1.46. The minimum Gasteiger partial charge on any atom is -0.357 e. The number of ether oxygens (including phenoxy) is 1. The molecule has 4 fully saturated rings. The van der Waals surface area contributed by atoms with Gasteiger partial charge in [0, 0.05) is 13.1 Å². The van der Waals surface area contributed by atoms with E-state index in [2.05, 4.69) is 65.6 Å². The summed E-state index contributed by atoms with van der Waals surface area (Å²) < 4.78 is 6.74. The molecular weight excluding hydrogens is 306 g/mol. The summed E-state index contributed by atoms with van der Waals surface area (Å²) in [6, 6.07) is 21.8. The van der Waals surface area contributed by atoms with Gasteiger partial charge in [0.05, 0.1) is 6.10 Å². The van der Waals surface area contributed by atoms with Crippen LogP contribution in [0.5, 0.6) is 0 Å². The molecule has 2 aromatic rings. The first-order valence-corrected chi connectivity index (χ1v) is 9.80. The van der Waals surface area contributed by atoms with Crippen LogP contribution in [0.3, 0.4) is 0 Å². The van der Waals surface area contributed by atoms with E-state index in [1.807, 2.05) is 0 Å². The fourth-order valence-corrected chi connectivity index (χ4v) is 5.61. The highest BCUT2D eigenvalue weighted by Crippen LogP contribution is 2.54. The van der Waals surface area contributed by atoms with Gasteiger partial charge in [-0.05, 0) is 55.1 Å². The molecule has 4 atom stereocenters. The fourth-order valence-electron chi connectivity index (χ4n) is 5.61. The fraction of sp³-hybridized carbons (Fsp3) is 0.478. The van der Waals surface area contributed by atoms with Crippen LogP contribution in [0.25, 0.3) is 0 Å². The summed E-state index contributed by atoms with van der Waals surface area (Å²) >= 11 is 0. The quantitative estimate of drug-likeness (QED) is 0.764. The zero-order chi connectivity index (χ0) is 16.7. The lowest BCUT2D eigenvalue weighted by Gasteiger charge is -2.60. The topological polar surface area (TPSA) is 12.5 Å². The van der Waals surface area contributed by atoms with Gasteiger partial charge in [0.15, 0.2) is 0 Å². The first-order valence-electron chi connectivity index (χ1n) is 9.80. The molecule has 0 amide bonds. The average molecular weight is 333 g/mol. The van der Waals surface area contributed by atoms with E-state index in [1.165, 1.54) is 43.2 Å². The third-order valence-electron chi connectivity index (χ3n) is 6.47. The van der Waals surface area contributed by atoms with Gasteiger partial charge in [-0.25, -0.2) is 0 Å². The second kappa shape index (κ2) is 6.26. The first-order chi connectivity index (χ1) is 12.3. The Hall–Kier alpha value is -1.64. The third-order valence-corrected chi connectivity index (χ3v) is 6.47. The van der Waals surface area contributed by atoms with Gasteiger partial charge in [0.1, 0.15) is 5.72 Å².